The first-order chi connectivity index (χ1) is 5.66. The van der Waals surface area contributed by atoms with Crippen LogP contribution >= 0.6 is 0 Å². The lowest BCUT2D eigenvalue weighted by Gasteiger charge is -2.36. The highest BCUT2D eigenvalue weighted by Crippen LogP contribution is 2.30. The predicted octanol–water partition coefficient (Wildman–Crippen LogP) is 1.51. The van der Waals surface area contributed by atoms with Gasteiger partial charge in [-0.2, -0.15) is 0 Å². The van der Waals surface area contributed by atoms with Crippen LogP contribution in [0.3, 0.4) is 0 Å². The molecule has 2 aliphatic heterocycles. The Morgan fingerprint density at radius 2 is 1.92 bits per heavy atom. The lowest BCUT2D eigenvalue weighted by atomic mass is 9.83. The van der Waals surface area contributed by atoms with Gasteiger partial charge in [-0.25, -0.2) is 0 Å². The number of epoxide rings is 1. The molecule has 2 saturated heterocycles. The Morgan fingerprint density at radius 1 is 1.33 bits per heavy atom. The third-order valence-corrected chi connectivity index (χ3v) is 3.07. The highest BCUT2D eigenvalue weighted by molar-refractivity contribution is 4.82. The summed E-state index contributed by atoms with van der Waals surface area (Å²) in [5.41, 5.74) is 0.584. The molecule has 12 heavy (non-hydrogen) atoms. The van der Waals surface area contributed by atoms with E-state index >= 15 is 0 Å². The van der Waals surface area contributed by atoms with Gasteiger partial charge in [0.05, 0.1) is 12.7 Å². The topological polar surface area (TPSA) is 15.8 Å². The molecule has 70 valence electrons. The number of nitrogens with zero attached hydrogens (tertiary/aromatic N) is 1. The highest BCUT2D eigenvalue weighted by Gasteiger charge is 2.30. The number of likely N-dealkylation sites (tertiary alicyclic amines) is 1. The van der Waals surface area contributed by atoms with Crippen LogP contribution < -0.4 is 0 Å². The molecule has 0 saturated carbocycles. The standard InChI is InChI=1S/C10H19NO/c1-10(2)3-5-11(6-4-10)7-9-8-12-9/h9H,3-8H2,1-2H3/t9-/m1/s1. The van der Waals surface area contributed by atoms with E-state index in [0.29, 0.717) is 11.5 Å². The molecule has 0 bridgehead atoms. The molecule has 0 aliphatic carbocycles. The van der Waals surface area contributed by atoms with E-state index in [1.807, 2.05) is 0 Å². The van der Waals surface area contributed by atoms with Gasteiger partial charge in [-0.3, -0.25) is 0 Å². The molecule has 0 unspecified atom stereocenters. The second-order valence-electron chi connectivity index (χ2n) is 4.92. The molecule has 0 N–H and O–H groups in total. The van der Waals surface area contributed by atoms with Gasteiger partial charge in [0.15, 0.2) is 0 Å². The van der Waals surface area contributed by atoms with E-state index in [4.69, 9.17) is 4.74 Å². The Hall–Kier alpha value is -0.0800. The molecule has 0 aromatic rings. The summed E-state index contributed by atoms with van der Waals surface area (Å²) in [5.74, 6) is 0. The van der Waals surface area contributed by atoms with Crippen molar-refractivity contribution in [2.24, 2.45) is 5.41 Å². The number of ether oxygens (including phenoxy) is 1. The third kappa shape index (κ3) is 2.20. The fraction of sp³-hybridized carbons (Fsp3) is 1.00. The zero-order chi connectivity index (χ0) is 8.60. The van der Waals surface area contributed by atoms with Crippen molar-refractivity contribution in [2.75, 3.05) is 26.2 Å². The summed E-state index contributed by atoms with van der Waals surface area (Å²) >= 11 is 0. The van der Waals surface area contributed by atoms with Gasteiger partial charge in [-0.05, 0) is 31.3 Å². The number of piperidine rings is 1. The van der Waals surface area contributed by atoms with Crippen molar-refractivity contribution < 1.29 is 4.74 Å². The SMILES string of the molecule is CC1(C)CCN(C[C@@H]2CO2)CC1. The maximum absolute atomic E-state index is 5.22. The molecule has 0 aromatic heterocycles. The molecule has 0 aromatic carbocycles. The lowest BCUT2D eigenvalue weighted by molar-refractivity contribution is 0.125. The maximum Gasteiger partial charge on any atom is 0.0936 e. The van der Waals surface area contributed by atoms with Gasteiger partial charge in [0.1, 0.15) is 0 Å². The van der Waals surface area contributed by atoms with Crippen LogP contribution in [0.4, 0.5) is 0 Å². The minimum Gasteiger partial charge on any atom is -0.372 e. The first kappa shape index (κ1) is 8.52. The Balaban J connectivity index is 1.73. The summed E-state index contributed by atoms with van der Waals surface area (Å²) in [6.45, 7) is 9.46. The van der Waals surface area contributed by atoms with Gasteiger partial charge in [0, 0.05) is 6.54 Å². The minimum atomic E-state index is 0.575. The first-order valence-corrected chi connectivity index (χ1v) is 5.00. The molecule has 0 radical (unpaired) electrons. The molecular formula is C10H19NO. The van der Waals surface area contributed by atoms with E-state index < -0.39 is 0 Å². The summed E-state index contributed by atoms with van der Waals surface area (Å²) < 4.78 is 5.22. The summed E-state index contributed by atoms with van der Waals surface area (Å²) in [7, 11) is 0. The fourth-order valence-corrected chi connectivity index (χ4v) is 1.80. The van der Waals surface area contributed by atoms with E-state index in [9.17, 15) is 0 Å². The largest absolute Gasteiger partial charge is 0.372 e. The average Bonchev–Trinajstić information content (AvgIpc) is 2.77. The van der Waals surface area contributed by atoms with Crippen LogP contribution in [-0.4, -0.2) is 37.2 Å². The lowest BCUT2D eigenvalue weighted by Crippen LogP contribution is -2.39. The minimum absolute atomic E-state index is 0.575. The molecule has 2 aliphatic rings. The Morgan fingerprint density at radius 3 is 2.42 bits per heavy atom. The average molecular weight is 169 g/mol. The maximum atomic E-state index is 5.22. The summed E-state index contributed by atoms with van der Waals surface area (Å²) in [4.78, 5) is 2.54. The van der Waals surface area contributed by atoms with Crippen LogP contribution in [0.5, 0.6) is 0 Å². The van der Waals surface area contributed by atoms with E-state index in [0.717, 1.165) is 6.61 Å². The van der Waals surface area contributed by atoms with Crippen LogP contribution in [0, 0.1) is 5.41 Å². The molecule has 0 spiro atoms. The van der Waals surface area contributed by atoms with Crippen molar-refractivity contribution in [1.29, 1.82) is 0 Å². The fourth-order valence-electron chi connectivity index (χ4n) is 1.80. The van der Waals surface area contributed by atoms with Gasteiger partial charge in [0.2, 0.25) is 0 Å². The summed E-state index contributed by atoms with van der Waals surface area (Å²) in [6.07, 6.45) is 3.27. The Bertz CT molecular complexity index is 153. The normalized spacial score (nSPS) is 35.0. The predicted molar refractivity (Wildman–Crippen MR) is 49.2 cm³/mol. The van der Waals surface area contributed by atoms with Crippen molar-refractivity contribution in [2.45, 2.75) is 32.8 Å². The van der Waals surface area contributed by atoms with E-state index in [1.54, 1.807) is 0 Å². The van der Waals surface area contributed by atoms with Crippen molar-refractivity contribution in [1.82, 2.24) is 4.90 Å². The molecule has 2 nitrogen and oxygen atoms in total. The highest BCUT2D eigenvalue weighted by atomic mass is 16.6. The van der Waals surface area contributed by atoms with E-state index in [-0.39, 0.29) is 0 Å². The third-order valence-electron chi connectivity index (χ3n) is 3.07. The van der Waals surface area contributed by atoms with E-state index in [2.05, 4.69) is 18.7 Å². The number of hydrogen-bond acceptors (Lipinski definition) is 2. The smallest absolute Gasteiger partial charge is 0.0936 e. The zero-order valence-corrected chi connectivity index (χ0v) is 8.18. The van der Waals surface area contributed by atoms with Gasteiger partial charge < -0.3 is 9.64 Å². The molecule has 2 fully saturated rings. The molecular weight excluding hydrogens is 150 g/mol. The number of rotatable bonds is 2. The quantitative estimate of drug-likeness (QED) is 0.582. The molecule has 1 atom stereocenters. The zero-order valence-electron chi connectivity index (χ0n) is 8.18. The Kier molecular flexibility index (Phi) is 2.13. The molecule has 2 heteroatoms. The summed E-state index contributed by atoms with van der Waals surface area (Å²) in [5, 5.41) is 0. The van der Waals surface area contributed by atoms with Crippen LogP contribution in [0.1, 0.15) is 26.7 Å². The second-order valence-corrected chi connectivity index (χ2v) is 4.92. The van der Waals surface area contributed by atoms with Crippen LogP contribution in [0.15, 0.2) is 0 Å². The second kappa shape index (κ2) is 3.00. The van der Waals surface area contributed by atoms with Crippen LogP contribution in [0.25, 0.3) is 0 Å². The van der Waals surface area contributed by atoms with E-state index in [1.165, 1.54) is 32.5 Å². The van der Waals surface area contributed by atoms with Gasteiger partial charge >= 0.3 is 0 Å². The van der Waals surface area contributed by atoms with Gasteiger partial charge in [-0.1, -0.05) is 13.8 Å². The van der Waals surface area contributed by atoms with Crippen LogP contribution in [-0.2, 0) is 4.74 Å². The van der Waals surface area contributed by atoms with Crippen molar-refractivity contribution >= 4 is 0 Å². The first-order valence-electron chi connectivity index (χ1n) is 5.00. The Labute approximate surface area is 74.9 Å². The number of hydrogen-bond donors (Lipinski definition) is 0. The van der Waals surface area contributed by atoms with Crippen molar-refractivity contribution in [3.05, 3.63) is 0 Å². The monoisotopic (exact) mass is 169 g/mol. The summed E-state index contributed by atoms with van der Waals surface area (Å²) in [6, 6.07) is 0. The molecule has 2 rings (SSSR count). The van der Waals surface area contributed by atoms with Crippen LogP contribution in [0.2, 0.25) is 0 Å². The van der Waals surface area contributed by atoms with Crippen molar-refractivity contribution in [3.8, 4) is 0 Å². The molecule has 0 amide bonds. The van der Waals surface area contributed by atoms with Crippen molar-refractivity contribution in [3.63, 3.8) is 0 Å². The van der Waals surface area contributed by atoms with Gasteiger partial charge in [-0.15, -0.1) is 0 Å². The van der Waals surface area contributed by atoms with Gasteiger partial charge in [0.25, 0.3) is 0 Å². The molecule has 2 heterocycles.